The molecule has 2 rings (SSSR count). The van der Waals surface area contributed by atoms with Crippen LogP contribution in [0, 0.1) is 11.2 Å². The Morgan fingerprint density at radius 3 is 2.14 bits per heavy atom. The summed E-state index contributed by atoms with van der Waals surface area (Å²) in [6, 6.07) is 4.87. The quantitative estimate of drug-likeness (QED) is 0.731. The molecule has 0 aliphatic carbocycles. The van der Waals surface area contributed by atoms with E-state index in [2.05, 4.69) is 26.1 Å². The maximum Gasteiger partial charge on any atom is 0.275 e. The van der Waals surface area contributed by atoms with Gasteiger partial charge in [-0.3, -0.25) is 4.79 Å². The molecule has 8 heteroatoms. The molecule has 0 saturated carbocycles. The molecule has 0 unspecified atom stereocenters. The Kier molecular flexibility index (Phi) is 6.89. The predicted molar refractivity (Wildman–Crippen MR) is 107 cm³/mol. The lowest BCUT2D eigenvalue weighted by Gasteiger charge is -2.35. The normalized spacial score (nSPS) is 17.5. The van der Waals surface area contributed by atoms with Crippen molar-refractivity contribution in [2.45, 2.75) is 51.5 Å². The summed E-state index contributed by atoms with van der Waals surface area (Å²) in [7, 11) is -3.63. The first-order valence-corrected chi connectivity index (χ1v) is 11.1. The lowest BCUT2D eigenvalue weighted by Crippen LogP contribution is -3.16. The number of amides is 1. The smallest absolute Gasteiger partial charge is 0.275 e. The second-order valence-electron chi connectivity index (χ2n) is 9.45. The molecular weight excluding hydrogens is 381 g/mol. The Labute approximate surface area is 168 Å². The molecular formula is C20H33FN3O3S+. The second-order valence-corrected chi connectivity index (χ2v) is 11.4. The van der Waals surface area contributed by atoms with Gasteiger partial charge in [-0.05, 0) is 49.9 Å². The number of quaternary nitrogens is 1. The van der Waals surface area contributed by atoms with Gasteiger partial charge >= 0.3 is 0 Å². The van der Waals surface area contributed by atoms with Crippen LogP contribution in [0.15, 0.2) is 29.2 Å². The van der Waals surface area contributed by atoms with E-state index in [9.17, 15) is 17.6 Å². The highest BCUT2D eigenvalue weighted by atomic mass is 32.2. The number of nitrogens with one attached hydrogen (secondary N) is 2. The van der Waals surface area contributed by atoms with Crippen molar-refractivity contribution in [1.29, 1.82) is 0 Å². The zero-order valence-electron chi connectivity index (χ0n) is 17.5. The van der Waals surface area contributed by atoms with Crippen LogP contribution in [0.5, 0.6) is 0 Å². The Hall–Kier alpha value is -1.51. The Balaban J connectivity index is 1.88. The number of sulfonamides is 1. The number of piperazine rings is 1. The van der Waals surface area contributed by atoms with Crippen LogP contribution in [0.3, 0.4) is 0 Å². The summed E-state index contributed by atoms with van der Waals surface area (Å²) in [5.74, 6) is -0.479. The van der Waals surface area contributed by atoms with Gasteiger partial charge in [0, 0.05) is 5.54 Å². The number of nitrogens with zero attached hydrogens (tertiary/aromatic N) is 1. The van der Waals surface area contributed by atoms with Crippen molar-refractivity contribution >= 4 is 15.9 Å². The fraction of sp³-hybridized carbons (Fsp3) is 0.650. The minimum atomic E-state index is -3.63. The SMILES string of the molecule is CC(C)(C)CC(C)(C)NC(=O)C[NH+]1CCN(S(=O)(=O)c2ccc(F)cc2)CC1. The number of carbonyl (C=O) groups is 1. The Morgan fingerprint density at radius 1 is 1.11 bits per heavy atom. The Morgan fingerprint density at radius 2 is 1.64 bits per heavy atom. The first kappa shape index (κ1) is 22.8. The maximum absolute atomic E-state index is 13.0. The molecule has 6 nitrogen and oxygen atoms in total. The lowest BCUT2D eigenvalue weighted by molar-refractivity contribution is -0.895. The largest absolute Gasteiger partial charge is 0.346 e. The average molecular weight is 415 g/mol. The number of hydrogen-bond donors (Lipinski definition) is 2. The highest BCUT2D eigenvalue weighted by Crippen LogP contribution is 2.26. The topological polar surface area (TPSA) is 70.9 Å². The molecule has 0 bridgehead atoms. The number of rotatable bonds is 6. The van der Waals surface area contributed by atoms with Gasteiger partial charge in [0.15, 0.2) is 6.54 Å². The number of halogens is 1. The van der Waals surface area contributed by atoms with E-state index in [1.54, 1.807) is 0 Å². The van der Waals surface area contributed by atoms with E-state index >= 15 is 0 Å². The molecule has 1 aliphatic heterocycles. The minimum Gasteiger partial charge on any atom is -0.346 e. The average Bonchev–Trinajstić information content (AvgIpc) is 2.52. The Bertz CT molecular complexity index is 778. The number of carbonyl (C=O) groups excluding carboxylic acids is 1. The van der Waals surface area contributed by atoms with Crippen molar-refractivity contribution in [2.75, 3.05) is 32.7 Å². The molecule has 1 fully saturated rings. The number of hydrogen-bond acceptors (Lipinski definition) is 3. The van der Waals surface area contributed by atoms with Gasteiger partial charge in [-0.1, -0.05) is 20.8 Å². The molecule has 1 aliphatic rings. The molecule has 1 saturated heterocycles. The van der Waals surface area contributed by atoms with Crippen LogP contribution in [-0.2, 0) is 14.8 Å². The van der Waals surface area contributed by atoms with E-state index in [-0.39, 0.29) is 21.8 Å². The van der Waals surface area contributed by atoms with Crippen LogP contribution in [0.2, 0.25) is 0 Å². The minimum absolute atomic E-state index is 0.0147. The van der Waals surface area contributed by atoms with Gasteiger partial charge in [-0.25, -0.2) is 12.8 Å². The number of benzene rings is 1. The summed E-state index contributed by atoms with van der Waals surface area (Å²) in [6.45, 7) is 12.6. The van der Waals surface area contributed by atoms with Crippen LogP contribution in [-0.4, -0.2) is 56.9 Å². The van der Waals surface area contributed by atoms with Crippen LogP contribution in [0.1, 0.15) is 41.0 Å². The van der Waals surface area contributed by atoms with Crippen molar-refractivity contribution in [3.05, 3.63) is 30.1 Å². The monoisotopic (exact) mass is 414 g/mol. The van der Waals surface area contributed by atoms with E-state index < -0.39 is 15.8 Å². The molecule has 28 heavy (non-hydrogen) atoms. The first-order chi connectivity index (χ1) is 12.8. The lowest BCUT2D eigenvalue weighted by atomic mass is 9.82. The van der Waals surface area contributed by atoms with Crippen molar-refractivity contribution < 1.29 is 22.5 Å². The third-order valence-corrected chi connectivity index (χ3v) is 6.65. The maximum atomic E-state index is 13.0. The van der Waals surface area contributed by atoms with Crippen molar-refractivity contribution in [3.63, 3.8) is 0 Å². The highest BCUT2D eigenvalue weighted by Gasteiger charge is 2.32. The molecule has 1 aromatic carbocycles. The van der Waals surface area contributed by atoms with Crippen molar-refractivity contribution in [3.8, 4) is 0 Å². The molecule has 1 heterocycles. The summed E-state index contributed by atoms with van der Waals surface area (Å²) in [4.78, 5) is 13.6. The zero-order valence-corrected chi connectivity index (χ0v) is 18.3. The fourth-order valence-corrected chi connectivity index (χ4v) is 5.44. The van der Waals surface area contributed by atoms with Gasteiger partial charge in [-0.15, -0.1) is 0 Å². The van der Waals surface area contributed by atoms with Crippen molar-refractivity contribution in [2.24, 2.45) is 5.41 Å². The summed E-state index contributed by atoms with van der Waals surface area (Å²) in [6.07, 6.45) is 0.866. The molecule has 0 atom stereocenters. The molecule has 1 amide bonds. The van der Waals surface area contributed by atoms with E-state index in [4.69, 9.17) is 0 Å². The molecule has 0 radical (unpaired) electrons. The predicted octanol–water partition coefficient (Wildman–Crippen LogP) is 1.05. The third-order valence-electron chi connectivity index (χ3n) is 4.74. The van der Waals surface area contributed by atoms with Gasteiger partial charge in [-0.2, -0.15) is 4.31 Å². The van der Waals surface area contributed by atoms with Crippen LogP contribution >= 0.6 is 0 Å². The fourth-order valence-electron chi connectivity index (χ4n) is 3.99. The van der Waals surface area contributed by atoms with Crippen LogP contribution < -0.4 is 10.2 Å². The molecule has 1 aromatic rings. The molecule has 158 valence electrons. The van der Waals surface area contributed by atoms with E-state index in [1.165, 1.54) is 16.4 Å². The summed E-state index contributed by atoms with van der Waals surface area (Å²) >= 11 is 0. The molecule has 2 N–H and O–H groups in total. The van der Waals surface area contributed by atoms with Gasteiger partial charge < -0.3 is 10.2 Å². The van der Waals surface area contributed by atoms with Gasteiger partial charge in [0.05, 0.1) is 31.1 Å². The van der Waals surface area contributed by atoms with Gasteiger partial charge in [0.25, 0.3) is 5.91 Å². The van der Waals surface area contributed by atoms with Gasteiger partial charge in [0.2, 0.25) is 10.0 Å². The summed E-state index contributed by atoms with van der Waals surface area (Å²) < 4.78 is 39.8. The van der Waals surface area contributed by atoms with Crippen LogP contribution in [0.25, 0.3) is 0 Å². The van der Waals surface area contributed by atoms with E-state index in [0.29, 0.717) is 32.7 Å². The van der Waals surface area contributed by atoms with E-state index in [0.717, 1.165) is 23.5 Å². The van der Waals surface area contributed by atoms with Crippen LogP contribution in [0.4, 0.5) is 4.39 Å². The molecule has 0 aromatic heterocycles. The summed E-state index contributed by atoms with van der Waals surface area (Å²) in [5.41, 5.74) is -0.174. The van der Waals surface area contributed by atoms with E-state index in [1.807, 2.05) is 13.8 Å². The third kappa shape index (κ3) is 6.53. The highest BCUT2D eigenvalue weighted by molar-refractivity contribution is 7.89. The second kappa shape index (κ2) is 8.47. The standard InChI is InChI=1S/C20H32FN3O3S/c1-19(2,3)15-20(4,5)22-18(25)14-23-10-12-24(13-11-23)28(26,27)17-8-6-16(21)7-9-17/h6-9H,10-15H2,1-5H3,(H,22,25)/p+1. The first-order valence-electron chi connectivity index (χ1n) is 9.69. The van der Waals surface area contributed by atoms with Gasteiger partial charge in [0.1, 0.15) is 5.82 Å². The zero-order chi connectivity index (χ0) is 21.2. The summed E-state index contributed by atoms with van der Waals surface area (Å²) in [5, 5.41) is 3.11. The van der Waals surface area contributed by atoms with Crippen molar-refractivity contribution in [1.82, 2.24) is 9.62 Å². The molecule has 0 spiro atoms.